The van der Waals surface area contributed by atoms with E-state index < -0.39 is 21.7 Å². The lowest BCUT2D eigenvalue weighted by Gasteiger charge is -2.15. The second-order valence-corrected chi connectivity index (χ2v) is 7.37. The smallest absolute Gasteiger partial charge is 0.356 e. The van der Waals surface area contributed by atoms with Crippen molar-refractivity contribution in [3.63, 3.8) is 0 Å². The summed E-state index contributed by atoms with van der Waals surface area (Å²) in [6, 6.07) is -0.101. The third-order valence-corrected chi connectivity index (χ3v) is 6.05. The number of nitrogens with one attached hydrogen (secondary N) is 1. The molecule has 6 nitrogen and oxygen atoms in total. The Morgan fingerprint density at radius 2 is 1.95 bits per heavy atom. The predicted octanol–water partition coefficient (Wildman–Crippen LogP) is 1.84. The summed E-state index contributed by atoms with van der Waals surface area (Å²) in [5, 5.41) is 8.92. The first-order valence-corrected chi connectivity index (χ1v) is 8.56. The maximum Gasteiger partial charge on any atom is 0.356 e. The van der Waals surface area contributed by atoms with E-state index in [1.807, 2.05) is 0 Å². The van der Waals surface area contributed by atoms with Crippen LogP contribution in [-0.4, -0.2) is 30.5 Å². The first kappa shape index (κ1) is 14.4. The minimum absolute atomic E-state index is 0.101. The summed E-state index contributed by atoms with van der Waals surface area (Å²) in [5.74, 6) is -1.32. The Bertz CT molecular complexity index is 545. The van der Waals surface area contributed by atoms with Gasteiger partial charge in [0.2, 0.25) is 0 Å². The van der Waals surface area contributed by atoms with Crippen molar-refractivity contribution in [2.24, 2.45) is 0 Å². The van der Waals surface area contributed by atoms with Crippen molar-refractivity contribution in [2.75, 3.05) is 0 Å². The number of carboxylic acids is 1. The molecule has 1 saturated carbocycles. The monoisotopic (exact) mass is 304 g/mol. The van der Waals surface area contributed by atoms with Gasteiger partial charge in [-0.2, -0.15) is 0 Å². The lowest BCUT2D eigenvalue weighted by molar-refractivity contribution is 0.0687. The van der Waals surface area contributed by atoms with Gasteiger partial charge in [0.25, 0.3) is 10.0 Å². The SMILES string of the molecule is O=C(O)c1ncsc1S(=O)(=O)NC1CCCCCC1. The van der Waals surface area contributed by atoms with E-state index >= 15 is 0 Å². The van der Waals surface area contributed by atoms with Gasteiger partial charge in [-0.1, -0.05) is 25.7 Å². The lowest BCUT2D eigenvalue weighted by atomic mass is 10.1. The van der Waals surface area contributed by atoms with Crippen LogP contribution < -0.4 is 4.72 Å². The first-order chi connectivity index (χ1) is 9.00. The Balaban J connectivity index is 2.17. The van der Waals surface area contributed by atoms with E-state index in [4.69, 9.17) is 5.11 Å². The molecule has 0 spiro atoms. The summed E-state index contributed by atoms with van der Waals surface area (Å²) in [6.45, 7) is 0. The molecule has 1 aliphatic rings. The summed E-state index contributed by atoms with van der Waals surface area (Å²) in [4.78, 5) is 14.5. The maximum atomic E-state index is 12.2. The zero-order valence-corrected chi connectivity index (χ0v) is 12.0. The van der Waals surface area contributed by atoms with Crippen LogP contribution in [0.5, 0.6) is 0 Å². The second kappa shape index (κ2) is 5.98. The number of thiazole rings is 1. The number of nitrogens with zero attached hydrogens (tertiary/aromatic N) is 1. The van der Waals surface area contributed by atoms with Crippen molar-refractivity contribution in [3.05, 3.63) is 11.2 Å². The number of hydrogen-bond donors (Lipinski definition) is 2. The molecule has 0 bridgehead atoms. The van der Waals surface area contributed by atoms with Gasteiger partial charge in [-0.05, 0) is 12.8 Å². The molecule has 2 rings (SSSR count). The molecule has 1 aromatic heterocycles. The molecule has 0 radical (unpaired) electrons. The molecular formula is C11H16N2O4S2. The largest absolute Gasteiger partial charge is 0.476 e. The lowest BCUT2D eigenvalue weighted by Crippen LogP contribution is -2.34. The summed E-state index contributed by atoms with van der Waals surface area (Å²) in [5.41, 5.74) is 0.844. The third-order valence-electron chi connectivity index (χ3n) is 3.16. The average molecular weight is 304 g/mol. The van der Waals surface area contributed by atoms with Crippen LogP contribution >= 0.6 is 11.3 Å². The standard InChI is InChI=1S/C11H16N2O4S2/c14-10(15)9-11(18-7-12-9)19(16,17)13-8-5-3-1-2-4-6-8/h7-8,13H,1-6H2,(H,14,15). The van der Waals surface area contributed by atoms with Gasteiger partial charge >= 0.3 is 5.97 Å². The van der Waals surface area contributed by atoms with Gasteiger partial charge in [-0.15, -0.1) is 11.3 Å². The Kier molecular flexibility index (Phi) is 4.54. The fourth-order valence-electron chi connectivity index (χ4n) is 2.24. The Labute approximate surface area is 115 Å². The number of hydrogen-bond acceptors (Lipinski definition) is 5. The molecule has 19 heavy (non-hydrogen) atoms. The van der Waals surface area contributed by atoms with Crippen molar-refractivity contribution in [1.82, 2.24) is 9.71 Å². The highest BCUT2D eigenvalue weighted by atomic mass is 32.2. The molecule has 106 valence electrons. The van der Waals surface area contributed by atoms with Crippen molar-refractivity contribution in [3.8, 4) is 0 Å². The fraction of sp³-hybridized carbons (Fsp3) is 0.636. The first-order valence-electron chi connectivity index (χ1n) is 6.20. The van der Waals surface area contributed by atoms with Crippen LogP contribution in [0.2, 0.25) is 0 Å². The van der Waals surface area contributed by atoms with Gasteiger partial charge < -0.3 is 5.11 Å². The van der Waals surface area contributed by atoms with Gasteiger partial charge in [-0.3, -0.25) is 0 Å². The second-order valence-electron chi connectivity index (χ2n) is 4.60. The van der Waals surface area contributed by atoms with Crippen molar-refractivity contribution >= 4 is 27.3 Å². The Hall–Kier alpha value is -0.990. The van der Waals surface area contributed by atoms with E-state index in [9.17, 15) is 13.2 Å². The summed E-state index contributed by atoms with van der Waals surface area (Å²) < 4.78 is 26.8. The molecule has 1 aliphatic carbocycles. The average Bonchev–Trinajstić information content (AvgIpc) is 2.71. The van der Waals surface area contributed by atoms with E-state index in [0.717, 1.165) is 49.9 Å². The molecule has 0 atom stereocenters. The van der Waals surface area contributed by atoms with E-state index in [0.29, 0.717) is 0 Å². The molecule has 0 aromatic carbocycles. The number of aromatic carboxylic acids is 1. The third kappa shape index (κ3) is 3.52. The highest BCUT2D eigenvalue weighted by Gasteiger charge is 2.28. The Morgan fingerprint density at radius 3 is 2.53 bits per heavy atom. The molecule has 0 amide bonds. The number of carboxylic acid groups (broad SMARTS) is 1. The molecule has 2 N–H and O–H groups in total. The van der Waals surface area contributed by atoms with Crippen LogP contribution in [0.1, 0.15) is 49.0 Å². The molecule has 1 heterocycles. The van der Waals surface area contributed by atoms with Crippen molar-refractivity contribution < 1.29 is 18.3 Å². The summed E-state index contributed by atoms with van der Waals surface area (Å²) >= 11 is 0.836. The molecule has 0 saturated heterocycles. The number of rotatable bonds is 4. The summed E-state index contributed by atoms with van der Waals surface area (Å²) in [7, 11) is -3.78. The zero-order chi connectivity index (χ0) is 13.9. The topological polar surface area (TPSA) is 96.4 Å². The molecule has 1 fully saturated rings. The number of sulfonamides is 1. The summed E-state index contributed by atoms with van der Waals surface area (Å²) in [6.07, 6.45) is 5.86. The van der Waals surface area contributed by atoms with Gasteiger partial charge in [0.1, 0.15) is 0 Å². The minimum atomic E-state index is -3.78. The van der Waals surface area contributed by atoms with Gasteiger partial charge in [-0.25, -0.2) is 22.9 Å². The van der Waals surface area contributed by atoms with Gasteiger partial charge in [0, 0.05) is 6.04 Å². The predicted molar refractivity (Wildman–Crippen MR) is 70.9 cm³/mol. The Morgan fingerprint density at radius 1 is 1.32 bits per heavy atom. The van der Waals surface area contributed by atoms with E-state index in [1.54, 1.807) is 0 Å². The number of carbonyl (C=O) groups is 1. The van der Waals surface area contributed by atoms with Crippen LogP contribution in [0.3, 0.4) is 0 Å². The molecule has 0 unspecified atom stereocenters. The van der Waals surface area contributed by atoms with Gasteiger partial charge in [0.15, 0.2) is 9.90 Å². The fourth-order valence-corrected chi connectivity index (χ4v) is 4.70. The number of aromatic nitrogens is 1. The van der Waals surface area contributed by atoms with Crippen LogP contribution in [0.25, 0.3) is 0 Å². The van der Waals surface area contributed by atoms with Crippen LogP contribution in [0.15, 0.2) is 9.72 Å². The van der Waals surface area contributed by atoms with Crippen molar-refractivity contribution in [1.29, 1.82) is 0 Å². The highest BCUT2D eigenvalue weighted by molar-refractivity contribution is 7.91. The molecular weight excluding hydrogens is 288 g/mol. The van der Waals surface area contributed by atoms with Gasteiger partial charge in [0.05, 0.1) is 5.51 Å². The minimum Gasteiger partial charge on any atom is -0.476 e. The highest BCUT2D eigenvalue weighted by Crippen LogP contribution is 2.23. The van der Waals surface area contributed by atoms with Crippen LogP contribution in [0, 0.1) is 0 Å². The van der Waals surface area contributed by atoms with Crippen LogP contribution in [0.4, 0.5) is 0 Å². The van der Waals surface area contributed by atoms with E-state index in [2.05, 4.69) is 9.71 Å². The molecule has 8 heteroatoms. The normalized spacial score (nSPS) is 18.1. The molecule has 1 aromatic rings. The zero-order valence-electron chi connectivity index (χ0n) is 10.3. The maximum absolute atomic E-state index is 12.2. The van der Waals surface area contributed by atoms with E-state index in [1.165, 1.54) is 5.51 Å². The molecule has 0 aliphatic heterocycles. The quantitative estimate of drug-likeness (QED) is 0.827. The van der Waals surface area contributed by atoms with Crippen molar-refractivity contribution in [2.45, 2.75) is 48.8 Å². The van der Waals surface area contributed by atoms with E-state index in [-0.39, 0.29) is 10.3 Å². The van der Waals surface area contributed by atoms with Crippen LogP contribution in [-0.2, 0) is 10.0 Å².